The lowest BCUT2D eigenvalue weighted by Gasteiger charge is -2.38. The van der Waals surface area contributed by atoms with Gasteiger partial charge in [-0.2, -0.15) is 0 Å². The van der Waals surface area contributed by atoms with Crippen molar-refractivity contribution in [1.82, 2.24) is 0 Å². The minimum atomic E-state index is -1.67. The summed E-state index contributed by atoms with van der Waals surface area (Å²) < 4.78 is 6.35. The minimum Gasteiger partial charge on any atom is -0.403 e. The Morgan fingerprint density at radius 1 is 1.18 bits per heavy atom. The molecule has 17 heavy (non-hydrogen) atoms. The summed E-state index contributed by atoms with van der Waals surface area (Å²) in [5.74, 6) is 6.25. The Morgan fingerprint density at radius 2 is 1.76 bits per heavy atom. The first-order valence-electron chi connectivity index (χ1n) is 6.84. The van der Waals surface area contributed by atoms with Crippen molar-refractivity contribution in [2.45, 2.75) is 84.5 Å². The highest BCUT2D eigenvalue weighted by molar-refractivity contribution is 6.74. The normalized spacial score (nSPS) is 14.1. The van der Waals surface area contributed by atoms with Crippen molar-refractivity contribution in [3.63, 3.8) is 0 Å². The van der Waals surface area contributed by atoms with Crippen LogP contribution >= 0.6 is 0 Å². The largest absolute Gasteiger partial charge is 0.403 e. The van der Waals surface area contributed by atoms with Gasteiger partial charge < -0.3 is 4.43 Å². The van der Waals surface area contributed by atoms with Crippen LogP contribution < -0.4 is 0 Å². The lowest BCUT2D eigenvalue weighted by molar-refractivity contribution is 0.219. The third-order valence-electron chi connectivity index (χ3n) is 3.62. The molecule has 0 N–H and O–H groups in total. The standard InChI is InChI=1S/C15H30OSi/c1-8-10-11-13-14(12-9-2)16-17(6,7)15(3,4)5/h14H,8,10-11,13H2,1-7H3/t14-/m1/s1. The molecule has 0 aliphatic rings. The van der Waals surface area contributed by atoms with Crippen LogP contribution in [0.15, 0.2) is 0 Å². The number of hydrogen-bond donors (Lipinski definition) is 0. The van der Waals surface area contributed by atoms with Crippen LogP contribution in [-0.2, 0) is 4.43 Å². The first-order valence-corrected chi connectivity index (χ1v) is 9.75. The van der Waals surface area contributed by atoms with E-state index in [4.69, 9.17) is 4.43 Å². The van der Waals surface area contributed by atoms with Crippen LogP contribution in [0.5, 0.6) is 0 Å². The fraction of sp³-hybridized carbons (Fsp3) is 0.867. The van der Waals surface area contributed by atoms with Crippen LogP contribution in [-0.4, -0.2) is 14.4 Å². The summed E-state index contributed by atoms with van der Waals surface area (Å²) in [4.78, 5) is 0. The Bertz CT molecular complexity index is 265. The molecule has 2 heteroatoms. The van der Waals surface area contributed by atoms with Crippen LogP contribution in [0, 0.1) is 11.8 Å². The number of rotatable bonds is 6. The first-order chi connectivity index (χ1) is 7.74. The molecule has 0 fully saturated rings. The van der Waals surface area contributed by atoms with Gasteiger partial charge in [0.1, 0.15) is 6.10 Å². The third-order valence-corrected chi connectivity index (χ3v) is 8.10. The number of hydrogen-bond acceptors (Lipinski definition) is 1. The molecule has 100 valence electrons. The first kappa shape index (κ1) is 16.7. The number of unbranched alkanes of at least 4 members (excludes halogenated alkanes) is 2. The van der Waals surface area contributed by atoms with Crippen molar-refractivity contribution in [3.8, 4) is 11.8 Å². The molecule has 0 heterocycles. The molecule has 0 saturated heterocycles. The molecule has 0 aromatic heterocycles. The van der Waals surface area contributed by atoms with Gasteiger partial charge in [-0.05, 0) is 37.9 Å². The van der Waals surface area contributed by atoms with Gasteiger partial charge >= 0.3 is 0 Å². The van der Waals surface area contributed by atoms with E-state index in [0.29, 0.717) is 0 Å². The molecule has 0 rings (SSSR count). The van der Waals surface area contributed by atoms with E-state index in [2.05, 4.69) is 52.6 Å². The molecule has 1 atom stereocenters. The second-order valence-electron chi connectivity index (χ2n) is 6.26. The Hall–Kier alpha value is -0.263. The van der Waals surface area contributed by atoms with E-state index in [1.165, 1.54) is 19.3 Å². The lowest BCUT2D eigenvalue weighted by atomic mass is 10.1. The van der Waals surface area contributed by atoms with E-state index >= 15 is 0 Å². The van der Waals surface area contributed by atoms with E-state index in [1.54, 1.807) is 0 Å². The second kappa shape index (κ2) is 7.23. The summed E-state index contributed by atoms with van der Waals surface area (Å²) in [5.41, 5.74) is 0. The maximum absolute atomic E-state index is 6.35. The Labute approximate surface area is 109 Å². The molecule has 1 nitrogen and oxygen atoms in total. The van der Waals surface area contributed by atoms with Crippen molar-refractivity contribution in [2.24, 2.45) is 0 Å². The van der Waals surface area contributed by atoms with Gasteiger partial charge in [0, 0.05) is 0 Å². The van der Waals surface area contributed by atoms with Gasteiger partial charge in [0.05, 0.1) is 0 Å². The Morgan fingerprint density at radius 3 is 2.18 bits per heavy atom. The maximum Gasteiger partial charge on any atom is 0.193 e. The highest BCUT2D eigenvalue weighted by atomic mass is 28.4. The average Bonchev–Trinajstić information content (AvgIpc) is 2.16. The highest BCUT2D eigenvalue weighted by Crippen LogP contribution is 2.37. The zero-order chi connectivity index (χ0) is 13.5. The molecule has 0 unspecified atom stereocenters. The smallest absolute Gasteiger partial charge is 0.193 e. The summed E-state index contributed by atoms with van der Waals surface area (Å²) >= 11 is 0. The predicted octanol–water partition coefficient (Wildman–Crippen LogP) is 4.98. The summed E-state index contributed by atoms with van der Waals surface area (Å²) in [6.45, 7) is 15.6. The van der Waals surface area contributed by atoms with E-state index in [1.807, 2.05) is 6.92 Å². The van der Waals surface area contributed by atoms with E-state index in [0.717, 1.165) is 6.42 Å². The summed E-state index contributed by atoms with van der Waals surface area (Å²) in [5, 5.41) is 0.269. The quantitative estimate of drug-likeness (QED) is 0.369. The summed E-state index contributed by atoms with van der Waals surface area (Å²) in [6, 6.07) is 0. The van der Waals surface area contributed by atoms with Gasteiger partial charge in [0.25, 0.3) is 0 Å². The van der Waals surface area contributed by atoms with Gasteiger partial charge in [-0.1, -0.05) is 46.5 Å². The molecule has 0 radical (unpaired) electrons. The monoisotopic (exact) mass is 254 g/mol. The molecule has 0 aliphatic heterocycles. The van der Waals surface area contributed by atoms with Crippen LogP contribution in [0.2, 0.25) is 18.1 Å². The molecule has 0 bridgehead atoms. The molecule has 0 aromatic carbocycles. The van der Waals surface area contributed by atoms with Gasteiger partial charge in [-0.15, -0.1) is 5.92 Å². The zero-order valence-electron chi connectivity index (χ0n) is 12.8. The van der Waals surface area contributed by atoms with Crippen molar-refractivity contribution < 1.29 is 4.43 Å². The average molecular weight is 254 g/mol. The van der Waals surface area contributed by atoms with E-state index in [-0.39, 0.29) is 11.1 Å². The fourth-order valence-electron chi connectivity index (χ4n) is 1.43. The summed E-state index contributed by atoms with van der Waals surface area (Å²) in [7, 11) is -1.67. The minimum absolute atomic E-state index is 0.146. The molecular formula is C15H30OSi. The maximum atomic E-state index is 6.35. The van der Waals surface area contributed by atoms with Crippen LogP contribution in [0.1, 0.15) is 60.3 Å². The van der Waals surface area contributed by atoms with Gasteiger partial charge in [-0.3, -0.25) is 0 Å². The van der Waals surface area contributed by atoms with Gasteiger partial charge in [-0.25, -0.2) is 0 Å². The lowest BCUT2D eigenvalue weighted by Crippen LogP contribution is -2.43. The molecule has 0 aromatic rings. The van der Waals surface area contributed by atoms with Gasteiger partial charge in [0.15, 0.2) is 8.32 Å². The second-order valence-corrected chi connectivity index (χ2v) is 11.0. The molecular weight excluding hydrogens is 224 g/mol. The highest BCUT2D eigenvalue weighted by Gasteiger charge is 2.38. The van der Waals surface area contributed by atoms with Crippen molar-refractivity contribution in [1.29, 1.82) is 0 Å². The third kappa shape index (κ3) is 6.28. The van der Waals surface area contributed by atoms with E-state index < -0.39 is 8.32 Å². The molecule has 0 aliphatic carbocycles. The molecule has 0 amide bonds. The Balaban J connectivity index is 4.47. The van der Waals surface area contributed by atoms with Crippen LogP contribution in [0.25, 0.3) is 0 Å². The SMILES string of the molecule is CC#C[C@H](CCCCC)O[Si](C)(C)C(C)(C)C. The topological polar surface area (TPSA) is 9.23 Å². The van der Waals surface area contributed by atoms with Gasteiger partial charge in [0.2, 0.25) is 0 Å². The van der Waals surface area contributed by atoms with Crippen molar-refractivity contribution in [2.75, 3.05) is 0 Å². The van der Waals surface area contributed by atoms with E-state index in [9.17, 15) is 0 Å². The molecule has 0 spiro atoms. The van der Waals surface area contributed by atoms with Crippen molar-refractivity contribution in [3.05, 3.63) is 0 Å². The van der Waals surface area contributed by atoms with Crippen LogP contribution in [0.3, 0.4) is 0 Å². The fourth-order valence-corrected chi connectivity index (χ4v) is 2.68. The summed E-state index contributed by atoms with van der Waals surface area (Å²) in [6.07, 6.45) is 4.99. The predicted molar refractivity (Wildman–Crippen MR) is 79.7 cm³/mol. The Kier molecular flexibility index (Phi) is 7.12. The molecule has 0 saturated carbocycles. The van der Waals surface area contributed by atoms with Crippen LogP contribution in [0.4, 0.5) is 0 Å². The zero-order valence-corrected chi connectivity index (χ0v) is 13.8. The van der Waals surface area contributed by atoms with Crippen molar-refractivity contribution >= 4 is 8.32 Å².